The Morgan fingerprint density at radius 3 is 2.18 bits per heavy atom. The molecule has 1 aliphatic carbocycles. The molecule has 6 aromatic rings. The van der Waals surface area contributed by atoms with Gasteiger partial charge in [-0.15, -0.1) is 0 Å². The van der Waals surface area contributed by atoms with E-state index in [2.05, 4.69) is 173 Å². The number of pyridine rings is 1. The van der Waals surface area contributed by atoms with Crippen LogP contribution in [0.1, 0.15) is 103 Å². The van der Waals surface area contributed by atoms with Gasteiger partial charge in [0.2, 0.25) is 0 Å². The van der Waals surface area contributed by atoms with Gasteiger partial charge >= 0.3 is 0 Å². The molecule has 0 amide bonds. The molecule has 5 heteroatoms. The quantitative estimate of drug-likeness (QED) is 0.148. The van der Waals surface area contributed by atoms with Crippen LogP contribution in [0.5, 0.6) is 11.5 Å². The number of aryl methyl sites for hydroxylation is 2. The summed E-state index contributed by atoms with van der Waals surface area (Å²) < 4.78 is 9.14. The van der Waals surface area contributed by atoms with Crippen molar-refractivity contribution in [1.29, 1.82) is 0 Å². The van der Waals surface area contributed by atoms with E-state index >= 15 is 0 Å². The third-order valence-electron chi connectivity index (χ3n) is 11.4. The van der Waals surface area contributed by atoms with Gasteiger partial charge in [0.1, 0.15) is 17.3 Å². The minimum absolute atomic E-state index is 0.00443. The van der Waals surface area contributed by atoms with Crippen LogP contribution < -0.4 is 14.5 Å². The molecule has 1 aliphatic heterocycles. The van der Waals surface area contributed by atoms with Gasteiger partial charge in [-0.2, -0.15) is 0 Å². The van der Waals surface area contributed by atoms with Gasteiger partial charge in [-0.3, -0.25) is 4.57 Å². The van der Waals surface area contributed by atoms with Crippen molar-refractivity contribution in [2.45, 2.75) is 105 Å². The van der Waals surface area contributed by atoms with Crippen molar-refractivity contribution in [3.05, 3.63) is 143 Å². The Balaban J connectivity index is 1.19. The van der Waals surface area contributed by atoms with E-state index in [9.17, 15) is 0 Å². The summed E-state index contributed by atoms with van der Waals surface area (Å²) in [7, 11) is 0. The average molecular weight is 729 g/mol. The molecule has 2 aliphatic rings. The fourth-order valence-electron chi connectivity index (χ4n) is 8.47. The van der Waals surface area contributed by atoms with Gasteiger partial charge < -0.3 is 14.5 Å². The molecular formula is C50H56N4O. The van der Waals surface area contributed by atoms with Crippen LogP contribution in [0.2, 0.25) is 0 Å². The smallest absolute Gasteiger partial charge is 0.137 e. The normalized spacial score (nSPS) is 14.8. The molecule has 282 valence electrons. The first kappa shape index (κ1) is 36.7. The summed E-state index contributed by atoms with van der Waals surface area (Å²) in [6, 6.07) is 33.3. The Kier molecular flexibility index (Phi) is 9.61. The van der Waals surface area contributed by atoms with Crippen molar-refractivity contribution in [2.24, 2.45) is 0 Å². The maximum Gasteiger partial charge on any atom is 0.137 e. The molecule has 2 aromatic heterocycles. The standard InChI is InChI=1S/C50H56N4O/c1-9-15-34-23-26-45-48(41(34)16-10-2)42-25-24-40(32-46(42)54(45)47-30-36(27-28-51-47)50(6,7)8)55-39-20-14-19-38(31-39)53-33-52(43-21-11-12-22-44(43)53)37-18-13-17-35(29-37)49(3,4)5/h12-14,17-20,22-32H,9-11,15-16,21,33H2,1-8H3. The Morgan fingerprint density at radius 1 is 0.691 bits per heavy atom. The van der Waals surface area contributed by atoms with Gasteiger partial charge in [-0.05, 0) is 119 Å². The molecule has 0 saturated carbocycles. The third kappa shape index (κ3) is 6.94. The zero-order chi connectivity index (χ0) is 38.5. The van der Waals surface area contributed by atoms with E-state index < -0.39 is 0 Å². The molecule has 3 heterocycles. The molecule has 0 radical (unpaired) electrons. The van der Waals surface area contributed by atoms with Crippen molar-refractivity contribution in [1.82, 2.24) is 9.55 Å². The summed E-state index contributed by atoms with van der Waals surface area (Å²) in [5, 5.41) is 2.59. The Bertz CT molecular complexity index is 2450. The molecule has 0 fully saturated rings. The molecule has 0 atom stereocenters. The van der Waals surface area contributed by atoms with Gasteiger partial charge in [0.05, 0.1) is 23.4 Å². The van der Waals surface area contributed by atoms with Gasteiger partial charge in [-0.1, -0.05) is 98.6 Å². The molecule has 0 bridgehead atoms. The van der Waals surface area contributed by atoms with Crippen LogP contribution in [-0.4, -0.2) is 16.2 Å². The molecule has 55 heavy (non-hydrogen) atoms. The Morgan fingerprint density at radius 2 is 1.42 bits per heavy atom. The van der Waals surface area contributed by atoms with Crippen molar-refractivity contribution in [3.63, 3.8) is 0 Å². The highest BCUT2D eigenvalue weighted by atomic mass is 16.5. The van der Waals surface area contributed by atoms with E-state index in [1.807, 2.05) is 6.20 Å². The number of allylic oxidation sites excluding steroid dienone is 3. The lowest BCUT2D eigenvalue weighted by molar-refractivity contribution is 0.483. The summed E-state index contributed by atoms with van der Waals surface area (Å²) >= 11 is 0. The highest BCUT2D eigenvalue weighted by molar-refractivity contribution is 6.11. The number of aromatic nitrogens is 2. The minimum atomic E-state index is 0.00443. The fraction of sp³-hybridized carbons (Fsp3) is 0.340. The van der Waals surface area contributed by atoms with E-state index in [1.54, 1.807) is 0 Å². The fourth-order valence-corrected chi connectivity index (χ4v) is 8.47. The number of rotatable bonds is 9. The molecule has 0 spiro atoms. The second kappa shape index (κ2) is 14.4. The first-order valence-corrected chi connectivity index (χ1v) is 20.3. The lowest BCUT2D eigenvalue weighted by atomic mass is 9.87. The average Bonchev–Trinajstić information content (AvgIpc) is 3.72. The summed E-state index contributed by atoms with van der Waals surface area (Å²) in [6.45, 7) is 19.0. The highest BCUT2D eigenvalue weighted by Crippen LogP contribution is 2.42. The predicted octanol–water partition coefficient (Wildman–Crippen LogP) is 13.3. The van der Waals surface area contributed by atoms with E-state index in [-0.39, 0.29) is 10.8 Å². The van der Waals surface area contributed by atoms with Crippen molar-refractivity contribution in [3.8, 4) is 17.3 Å². The van der Waals surface area contributed by atoms with Gasteiger partial charge in [0, 0.05) is 46.2 Å². The van der Waals surface area contributed by atoms with Crippen molar-refractivity contribution >= 4 is 33.2 Å². The van der Waals surface area contributed by atoms with Crippen LogP contribution in [0.25, 0.3) is 27.6 Å². The topological polar surface area (TPSA) is 33.5 Å². The minimum Gasteiger partial charge on any atom is -0.457 e. The van der Waals surface area contributed by atoms with Crippen LogP contribution >= 0.6 is 0 Å². The zero-order valence-electron chi connectivity index (χ0n) is 34.0. The van der Waals surface area contributed by atoms with Crippen molar-refractivity contribution in [2.75, 3.05) is 16.5 Å². The van der Waals surface area contributed by atoms with Gasteiger partial charge in [-0.25, -0.2) is 4.98 Å². The number of ether oxygens (including phenoxy) is 1. The number of fused-ring (bicyclic) bond motifs is 3. The molecular weight excluding hydrogens is 673 g/mol. The second-order valence-corrected chi connectivity index (χ2v) is 17.4. The summed E-state index contributed by atoms with van der Waals surface area (Å²) in [6.07, 6.45) is 13.0. The third-order valence-corrected chi connectivity index (χ3v) is 11.4. The van der Waals surface area contributed by atoms with E-state index in [0.717, 1.165) is 73.7 Å². The molecule has 0 saturated heterocycles. The van der Waals surface area contributed by atoms with E-state index in [4.69, 9.17) is 9.72 Å². The molecule has 0 unspecified atom stereocenters. The van der Waals surface area contributed by atoms with E-state index in [1.165, 1.54) is 55.6 Å². The number of hydrogen-bond acceptors (Lipinski definition) is 4. The van der Waals surface area contributed by atoms with Gasteiger partial charge in [0.15, 0.2) is 0 Å². The predicted molar refractivity (Wildman–Crippen MR) is 232 cm³/mol. The number of nitrogens with zero attached hydrogens (tertiary/aromatic N) is 4. The number of benzene rings is 4. The molecule has 8 rings (SSSR count). The SMILES string of the molecule is CCCc1ccc2c(c1CCC)c1ccc(Oc3cccc(N4CN(c5cccc(C(C)(C)C)c5)C5=C4C=CCC5)c3)cc1n2-c1cc(C(C)(C)C)ccn1. The van der Waals surface area contributed by atoms with Crippen LogP contribution in [0.4, 0.5) is 11.4 Å². The number of hydrogen-bond donors (Lipinski definition) is 0. The first-order valence-electron chi connectivity index (χ1n) is 20.3. The van der Waals surface area contributed by atoms with Crippen LogP contribution in [-0.2, 0) is 23.7 Å². The summed E-state index contributed by atoms with van der Waals surface area (Å²) in [5.41, 5.74) is 13.0. The summed E-state index contributed by atoms with van der Waals surface area (Å²) in [5.74, 6) is 2.57. The Hall–Kier alpha value is -5.29. The van der Waals surface area contributed by atoms with Crippen molar-refractivity contribution < 1.29 is 4.74 Å². The highest BCUT2D eigenvalue weighted by Gasteiger charge is 2.31. The lowest BCUT2D eigenvalue weighted by Gasteiger charge is -2.27. The maximum atomic E-state index is 6.78. The summed E-state index contributed by atoms with van der Waals surface area (Å²) in [4.78, 5) is 9.91. The number of anilines is 2. The largest absolute Gasteiger partial charge is 0.457 e. The van der Waals surface area contributed by atoms with Crippen LogP contribution in [0.3, 0.4) is 0 Å². The van der Waals surface area contributed by atoms with Crippen LogP contribution in [0, 0.1) is 0 Å². The molecule has 5 nitrogen and oxygen atoms in total. The lowest BCUT2D eigenvalue weighted by Crippen LogP contribution is -2.27. The van der Waals surface area contributed by atoms with Gasteiger partial charge in [0.25, 0.3) is 0 Å². The zero-order valence-corrected chi connectivity index (χ0v) is 34.0. The maximum absolute atomic E-state index is 6.78. The molecule has 4 aromatic carbocycles. The van der Waals surface area contributed by atoms with Crippen LogP contribution in [0.15, 0.2) is 121 Å². The Labute approximate surface area is 328 Å². The first-order chi connectivity index (χ1) is 26.4. The van der Waals surface area contributed by atoms with E-state index in [0.29, 0.717) is 0 Å². The monoisotopic (exact) mass is 728 g/mol. The second-order valence-electron chi connectivity index (χ2n) is 17.4. The molecule has 0 N–H and O–H groups in total.